The predicted octanol–water partition coefficient (Wildman–Crippen LogP) is 4.77. The van der Waals surface area contributed by atoms with E-state index in [1.54, 1.807) is 0 Å². The first-order valence-electron chi connectivity index (χ1n) is 7.51. The number of benzene rings is 1. The fourth-order valence-electron chi connectivity index (χ4n) is 3.68. The molecule has 0 spiro atoms. The van der Waals surface area contributed by atoms with E-state index in [2.05, 4.69) is 57.5 Å². The summed E-state index contributed by atoms with van der Waals surface area (Å²) in [6.07, 6.45) is 5.16. The molecule has 0 aliphatic heterocycles. The Labute approximate surface area is 128 Å². The molecule has 2 atom stereocenters. The Morgan fingerprint density at radius 1 is 1.30 bits per heavy atom. The van der Waals surface area contributed by atoms with Crippen LogP contribution in [0.2, 0.25) is 0 Å². The maximum Gasteiger partial charge on any atom is 0.201 e. The summed E-state index contributed by atoms with van der Waals surface area (Å²) in [7, 11) is 0. The normalized spacial score (nSPS) is 23.6. The number of hydrogen-bond donors (Lipinski definition) is 1. The molecule has 108 valence electrons. The van der Waals surface area contributed by atoms with E-state index in [1.807, 2.05) is 0 Å². The molecule has 1 aliphatic carbocycles. The molecular weight excluding hydrogens is 314 g/mol. The maximum atomic E-state index is 6.23. The molecule has 1 aromatic heterocycles. The van der Waals surface area contributed by atoms with Gasteiger partial charge < -0.3 is 10.3 Å². The number of rotatable bonds is 2. The zero-order valence-corrected chi connectivity index (χ0v) is 13.7. The van der Waals surface area contributed by atoms with Gasteiger partial charge in [-0.1, -0.05) is 42.6 Å². The molecule has 2 aromatic rings. The topological polar surface area (TPSA) is 43.8 Å². The molecule has 20 heavy (non-hydrogen) atoms. The average molecular weight is 336 g/mol. The standard InChI is InChI=1S/C16H22BrN3/c1-10(2)12-5-3-4-6-14(12)20-15-8-7-11(17)9-13(15)19-16(20)18/h7-10,12,14H,3-6H2,1-2H3,(H2,18,19). The van der Waals surface area contributed by atoms with Gasteiger partial charge in [-0.2, -0.15) is 0 Å². The third-order valence-corrected chi connectivity index (χ3v) is 5.14. The van der Waals surface area contributed by atoms with E-state index in [-0.39, 0.29) is 0 Å². The largest absolute Gasteiger partial charge is 0.369 e. The van der Waals surface area contributed by atoms with Gasteiger partial charge >= 0.3 is 0 Å². The Balaban J connectivity index is 2.10. The lowest BCUT2D eigenvalue weighted by Gasteiger charge is -2.36. The zero-order chi connectivity index (χ0) is 14.3. The number of aromatic nitrogens is 2. The first-order valence-corrected chi connectivity index (χ1v) is 8.30. The van der Waals surface area contributed by atoms with Gasteiger partial charge in [-0.05, 0) is 42.9 Å². The summed E-state index contributed by atoms with van der Waals surface area (Å²) >= 11 is 3.51. The lowest BCUT2D eigenvalue weighted by atomic mass is 9.77. The SMILES string of the molecule is CC(C)C1CCCCC1n1c(N)nc2cc(Br)ccc21. The van der Waals surface area contributed by atoms with Crippen LogP contribution in [-0.2, 0) is 0 Å². The summed E-state index contributed by atoms with van der Waals surface area (Å²) < 4.78 is 3.34. The van der Waals surface area contributed by atoms with Crippen molar-refractivity contribution < 1.29 is 0 Å². The highest BCUT2D eigenvalue weighted by atomic mass is 79.9. The number of nitrogens with zero attached hydrogens (tertiary/aromatic N) is 2. The molecule has 0 amide bonds. The van der Waals surface area contributed by atoms with Crippen LogP contribution in [0.5, 0.6) is 0 Å². The van der Waals surface area contributed by atoms with E-state index in [0.717, 1.165) is 9.99 Å². The predicted molar refractivity (Wildman–Crippen MR) is 87.7 cm³/mol. The highest BCUT2D eigenvalue weighted by Crippen LogP contribution is 2.41. The number of fused-ring (bicyclic) bond motifs is 1. The van der Waals surface area contributed by atoms with Gasteiger partial charge in [0.1, 0.15) is 0 Å². The summed E-state index contributed by atoms with van der Waals surface area (Å²) in [5, 5.41) is 0. The highest BCUT2D eigenvalue weighted by Gasteiger charge is 2.31. The number of imidazole rings is 1. The van der Waals surface area contributed by atoms with Gasteiger partial charge in [0.2, 0.25) is 5.95 Å². The maximum absolute atomic E-state index is 6.23. The van der Waals surface area contributed by atoms with Crippen molar-refractivity contribution in [1.82, 2.24) is 9.55 Å². The van der Waals surface area contributed by atoms with Crippen molar-refractivity contribution >= 4 is 32.9 Å². The van der Waals surface area contributed by atoms with Crippen molar-refractivity contribution in [3.05, 3.63) is 22.7 Å². The van der Waals surface area contributed by atoms with Crippen LogP contribution in [0.15, 0.2) is 22.7 Å². The Morgan fingerprint density at radius 2 is 2.05 bits per heavy atom. The van der Waals surface area contributed by atoms with Crippen LogP contribution < -0.4 is 5.73 Å². The van der Waals surface area contributed by atoms with E-state index in [4.69, 9.17) is 5.73 Å². The number of anilines is 1. The van der Waals surface area contributed by atoms with Crippen LogP contribution in [0.4, 0.5) is 5.95 Å². The number of nitrogen functional groups attached to an aromatic ring is 1. The fourth-order valence-corrected chi connectivity index (χ4v) is 4.03. The molecular formula is C16H22BrN3. The molecule has 1 heterocycles. The smallest absolute Gasteiger partial charge is 0.201 e. The van der Waals surface area contributed by atoms with Gasteiger partial charge in [0.25, 0.3) is 0 Å². The molecule has 0 saturated heterocycles. The highest BCUT2D eigenvalue weighted by molar-refractivity contribution is 9.10. The second kappa shape index (κ2) is 5.40. The summed E-state index contributed by atoms with van der Waals surface area (Å²) in [5.41, 5.74) is 8.39. The van der Waals surface area contributed by atoms with Crippen LogP contribution in [0.3, 0.4) is 0 Å². The van der Waals surface area contributed by atoms with Gasteiger partial charge in [0.15, 0.2) is 0 Å². The van der Waals surface area contributed by atoms with E-state index < -0.39 is 0 Å². The van der Waals surface area contributed by atoms with E-state index in [9.17, 15) is 0 Å². The Hall–Kier alpha value is -1.03. The minimum absolute atomic E-state index is 0.495. The quantitative estimate of drug-likeness (QED) is 0.859. The van der Waals surface area contributed by atoms with Crippen molar-refractivity contribution in [2.24, 2.45) is 11.8 Å². The molecule has 3 nitrogen and oxygen atoms in total. The molecule has 1 saturated carbocycles. The van der Waals surface area contributed by atoms with Gasteiger partial charge in [0, 0.05) is 10.5 Å². The second-order valence-corrected chi connectivity index (χ2v) is 7.15. The Kier molecular flexibility index (Phi) is 3.76. The summed E-state index contributed by atoms with van der Waals surface area (Å²) in [5.74, 6) is 2.05. The van der Waals surface area contributed by atoms with Crippen molar-refractivity contribution in [2.75, 3.05) is 5.73 Å². The molecule has 0 bridgehead atoms. The van der Waals surface area contributed by atoms with Crippen molar-refractivity contribution in [2.45, 2.75) is 45.6 Å². The van der Waals surface area contributed by atoms with E-state index in [1.165, 1.54) is 31.2 Å². The lowest BCUT2D eigenvalue weighted by Crippen LogP contribution is -2.27. The van der Waals surface area contributed by atoms with Gasteiger partial charge in [-0.15, -0.1) is 0 Å². The van der Waals surface area contributed by atoms with Gasteiger partial charge in [-0.3, -0.25) is 0 Å². The van der Waals surface area contributed by atoms with E-state index >= 15 is 0 Å². The minimum Gasteiger partial charge on any atom is -0.369 e. The molecule has 0 radical (unpaired) electrons. The molecule has 1 fully saturated rings. The Morgan fingerprint density at radius 3 is 2.80 bits per heavy atom. The molecule has 2 N–H and O–H groups in total. The number of nitrogens with two attached hydrogens (primary N) is 1. The summed E-state index contributed by atoms with van der Waals surface area (Å²) in [6.45, 7) is 4.66. The van der Waals surface area contributed by atoms with Crippen molar-refractivity contribution in [3.8, 4) is 0 Å². The Bertz CT molecular complexity index is 617. The third-order valence-electron chi connectivity index (χ3n) is 4.65. The molecule has 3 rings (SSSR count). The van der Waals surface area contributed by atoms with Crippen molar-refractivity contribution in [1.29, 1.82) is 0 Å². The van der Waals surface area contributed by atoms with Crippen LogP contribution in [0.25, 0.3) is 11.0 Å². The number of halogens is 1. The second-order valence-electron chi connectivity index (χ2n) is 6.23. The third kappa shape index (κ3) is 2.34. The lowest BCUT2D eigenvalue weighted by molar-refractivity contribution is 0.189. The van der Waals surface area contributed by atoms with Crippen LogP contribution in [0.1, 0.15) is 45.6 Å². The number of hydrogen-bond acceptors (Lipinski definition) is 2. The first-order chi connectivity index (χ1) is 9.58. The minimum atomic E-state index is 0.495. The van der Waals surface area contributed by atoms with E-state index in [0.29, 0.717) is 23.8 Å². The van der Waals surface area contributed by atoms with Crippen LogP contribution in [0, 0.1) is 11.8 Å². The van der Waals surface area contributed by atoms with Crippen LogP contribution in [-0.4, -0.2) is 9.55 Å². The monoisotopic (exact) mass is 335 g/mol. The van der Waals surface area contributed by atoms with Gasteiger partial charge in [0.05, 0.1) is 11.0 Å². The molecule has 1 aliphatic rings. The summed E-state index contributed by atoms with van der Waals surface area (Å²) in [6, 6.07) is 6.76. The average Bonchev–Trinajstić information content (AvgIpc) is 2.73. The first kappa shape index (κ1) is 13.9. The van der Waals surface area contributed by atoms with Gasteiger partial charge in [-0.25, -0.2) is 4.98 Å². The summed E-state index contributed by atoms with van der Waals surface area (Å²) in [4.78, 5) is 4.55. The molecule has 2 unspecified atom stereocenters. The van der Waals surface area contributed by atoms with Crippen molar-refractivity contribution in [3.63, 3.8) is 0 Å². The zero-order valence-electron chi connectivity index (χ0n) is 12.1. The molecule has 4 heteroatoms. The van der Waals surface area contributed by atoms with Crippen LogP contribution >= 0.6 is 15.9 Å². The molecule has 1 aromatic carbocycles. The fraction of sp³-hybridized carbons (Fsp3) is 0.562.